The third-order valence-electron chi connectivity index (χ3n) is 3.93. The molecule has 2 aromatic heterocycles. The summed E-state index contributed by atoms with van der Waals surface area (Å²) in [7, 11) is 1.89. The lowest BCUT2D eigenvalue weighted by molar-refractivity contribution is -0.142. The number of hydrogen-bond donors (Lipinski definition) is 1. The summed E-state index contributed by atoms with van der Waals surface area (Å²) in [5.41, 5.74) is 2.38. The SMILES string of the molecule is CCOC(=O)Cc1ccc(NC(=O)c2cn(C)c3ccccc23)c(Cl)n1. The van der Waals surface area contributed by atoms with Gasteiger partial charge in [-0.15, -0.1) is 0 Å². The van der Waals surface area contributed by atoms with Crippen molar-refractivity contribution in [3.8, 4) is 0 Å². The minimum Gasteiger partial charge on any atom is -0.466 e. The van der Waals surface area contributed by atoms with Crippen molar-refractivity contribution in [3.63, 3.8) is 0 Å². The van der Waals surface area contributed by atoms with Crippen LogP contribution < -0.4 is 5.32 Å². The first-order valence-electron chi connectivity index (χ1n) is 8.16. The van der Waals surface area contributed by atoms with E-state index in [0.29, 0.717) is 23.6 Å². The molecule has 0 unspecified atom stereocenters. The van der Waals surface area contributed by atoms with E-state index in [1.54, 1.807) is 25.3 Å². The van der Waals surface area contributed by atoms with Crippen LogP contribution in [0.4, 0.5) is 5.69 Å². The molecule has 134 valence electrons. The number of aryl methyl sites for hydroxylation is 1. The van der Waals surface area contributed by atoms with Gasteiger partial charge < -0.3 is 14.6 Å². The fourth-order valence-electron chi connectivity index (χ4n) is 2.74. The van der Waals surface area contributed by atoms with E-state index >= 15 is 0 Å². The Bertz CT molecular complexity index is 981. The summed E-state index contributed by atoms with van der Waals surface area (Å²) in [6, 6.07) is 10.9. The zero-order chi connectivity index (χ0) is 18.7. The third kappa shape index (κ3) is 3.70. The van der Waals surface area contributed by atoms with E-state index in [1.807, 2.05) is 35.9 Å². The van der Waals surface area contributed by atoms with Gasteiger partial charge in [-0.2, -0.15) is 0 Å². The fraction of sp³-hybridized carbons (Fsp3) is 0.211. The lowest BCUT2D eigenvalue weighted by Crippen LogP contribution is -2.13. The Kier molecular flexibility index (Phi) is 5.23. The Balaban J connectivity index is 1.80. The zero-order valence-corrected chi connectivity index (χ0v) is 15.2. The number of amides is 1. The minimum absolute atomic E-state index is 0.0328. The largest absolute Gasteiger partial charge is 0.466 e. The monoisotopic (exact) mass is 371 g/mol. The standard InChI is InChI=1S/C19H18ClN3O3/c1-3-26-17(24)10-12-8-9-15(18(20)21-12)22-19(25)14-11-23(2)16-7-5-4-6-13(14)16/h4-9,11H,3,10H2,1-2H3,(H,22,25). The maximum atomic E-state index is 12.7. The van der Waals surface area contributed by atoms with Crippen molar-refractivity contribution in [1.82, 2.24) is 9.55 Å². The van der Waals surface area contributed by atoms with Gasteiger partial charge in [0.1, 0.15) is 0 Å². The Labute approximate surface area is 155 Å². The first-order valence-corrected chi connectivity index (χ1v) is 8.54. The Hall–Kier alpha value is -2.86. The van der Waals surface area contributed by atoms with Crippen LogP contribution in [-0.4, -0.2) is 28.0 Å². The van der Waals surface area contributed by atoms with E-state index in [-0.39, 0.29) is 23.5 Å². The lowest BCUT2D eigenvalue weighted by Gasteiger charge is -2.08. The summed E-state index contributed by atoms with van der Waals surface area (Å²) in [6.45, 7) is 2.05. The lowest BCUT2D eigenvalue weighted by atomic mass is 10.1. The van der Waals surface area contributed by atoms with Gasteiger partial charge in [-0.05, 0) is 25.1 Å². The molecule has 0 fully saturated rings. The number of aromatic nitrogens is 2. The van der Waals surface area contributed by atoms with Crippen molar-refractivity contribution < 1.29 is 14.3 Å². The van der Waals surface area contributed by atoms with Gasteiger partial charge in [0.15, 0.2) is 5.15 Å². The van der Waals surface area contributed by atoms with Crippen LogP contribution in [0.1, 0.15) is 23.0 Å². The smallest absolute Gasteiger partial charge is 0.311 e. The molecule has 1 N–H and O–H groups in total. The van der Waals surface area contributed by atoms with Crippen LogP contribution in [-0.2, 0) is 23.0 Å². The second kappa shape index (κ2) is 7.58. The van der Waals surface area contributed by atoms with Crippen LogP contribution in [0.3, 0.4) is 0 Å². The van der Waals surface area contributed by atoms with Crippen LogP contribution in [0.2, 0.25) is 5.15 Å². The molecule has 0 aliphatic heterocycles. The molecule has 0 aliphatic rings. The van der Waals surface area contributed by atoms with Gasteiger partial charge >= 0.3 is 5.97 Å². The summed E-state index contributed by atoms with van der Waals surface area (Å²) in [4.78, 5) is 28.3. The molecule has 3 rings (SSSR count). The fourth-order valence-corrected chi connectivity index (χ4v) is 2.95. The number of rotatable bonds is 5. The first kappa shape index (κ1) is 17.9. The second-order valence-electron chi connectivity index (χ2n) is 5.75. The molecule has 1 amide bonds. The zero-order valence-electron chi connectivity index (χ0n) is 14.5. The van der Waals surface area contributed by atoms with Crippen LogP contribution in [0, 0.1) is 0 Å². The van der Waals surface area contributed by atoms with Gasteiger partial charge in [0.2, 0.25) is 0 Å². The molecule has 0 saturated carbocycles. The van der Waals surface area contributed by atoms with E-state index in [0.717, 1.165) is 10.9 Å². The summed E-state index contributed by atoms with van der Waals surface area (Å²) in [5.74, 6) is -0.646. The molecule has 0 radical (unpaired) electrons. The maximum Gasteiger partial charge on any atom is 0.311 e. The predicted molar refractivity (Wildman–Crippen MR) is 100 cm³/mol. The molecule has 0 aliphatic carbocycles. The quantitative estimate of drug-likeness (QED) is 0.549. The van der Waals surface area contributed by atoms with Crippen LogP contribution in [0.25, 0.3) is 10.9 Å². The molecular weight excluding hydrogens is 354 g/mol. The second-order valence-corrected chi connectivity index (χ2v) is 6.11. The number of carbonyl (C=O) groups excluding carboxylic acids is 2. The molecular formula is C19H18ClN3O3. The highest BCUT2D eigenvalue weighted by molar-refractivity contribution is 6.32. The number of carbonyl (C=O) groups is 2. The van der Waals surface area contributed by atoms with Crippen molar-refractivity contribution in [1.29, 1.82) is 0 Å². The minimum atomic E-state index is -0.372. The van der Waals surface area contributed by atoms with Gasteiger partial charge in [0.25, 0.3) is 5.91 Å². The normalized spacial score (nSPS) is 10.7. The summed E-state index contributed by atoms with van der Waals surface area (Å²) in [5, 5.41) is 3.76. The van der Waals surface area contributed by atoms with Gasteiger partial charge in [0.05, 0.1) is 30.0 Å². The van der Waals surface area contributed by atoms with Crippen molar-refractivity contribution in [3.05, 3.63) is 59.0 Å². The van der Waals surface area contributed by atoms with E-state index in [2.05, 4.69) is 10.3 Å². The molecule has 2 heterocycles. The number of esters is 1. The highest BCUT2D eigenvalue weighted by Gasteiger charge is 2.16. The molecule has 3 aromatic rings. The van der Waals surface area contributed by atoms with Crippen molar-refractivity contribution in [2.45, 2.75) is 13.3 Å². The van der Waals surface area contributed by atoms with Gasteiger partial charge in [-0.1, -0.05) is 29.8 Å². The number of anilines is 1. The van der Waals surface area contributed by atoms with Gasteiger partial charge in [-0.25, -0.2) is 4.98 Å². The van der Waals surface area contributed by atoms with Crippen LogP contribution in [0.15, 0.2) is 42.6 Å². The Morgan fingerprint density at radius 1 is 1.23 bits per heavy atom. The van der Waals surface area contributed by atoms with Crippen molar-refractivity contribution in [2.24, 2.45) is 7.05 Å². The molecule has 6 nitrogen and oxygen atoms in total. The van der Waals surface area contributed by atoms with E-state index in [4.69, 9.17) is 16.3 Å². The summed E-state index contributed by atoms with van der Waals surface area (Å²) in [6.07, 6.45) is 1.81. The predicted octanol–water partition coefficient (Wildman–Crippen LogP) is 3.58. The first-order chi connectivity index (χ1) is 12.5. The Morgan fingerprint density at radius 2 is 2.00 bits per heavy atom. The van der Waals surface area contributed by atoms with Gasteiger partial charge in [-0.3, -0.25) is 9.59 Å². The molecule has 1 aromatic carbocycles. The van der Waals surface area contributed by atoms with E-state index in [9.17, 15) is 9.59 Å². The molecule has 7 heteroatoms. The maximum absolute atomic E-state index is 12.7. The number of para-hydroxylation sites is 1. The van der Waals surface area contributed by atoms with E-state index in [1.165, 1.54) is 0 Å². The van der Waals surface area contributed by atoms with Crippen molar-refractivity contribution in [2.75, 3.05) is 11.9 Å². The van der Waals surface area contributed by atoms with Crippen LogP contribution >= 0.6 is 11.6 Å². The number of nitrogens with one attached hydrogen (secondary N) is 1. The molecule has 0 saturated heterocycles. The van der Waals surface area contributed by atoms with Crippen LogP contribution in [0.5, 0.6) is 0 Å². The highest BCUT2D eigenvalue weighted by atomic mass is 35.5. The third-order valence-corrected chi connectivity index (χ3v) is 4.22. The summed E-state index contributed by atoms with van der Waals surface area (Å²) < 4.78 is 6.78. The average Bonchev–Trinajstić information content (AvgIpc) is 2.95. The topological polar surface area (TPSA) is 73.2 Å². The highest BCUT2D eigenvalue weighted by Crippen LogP contribution is 2.24. The average molecular weight is 372 g/mol. The molecule has 0 bridgehead atoms. The number of hydrogen-bond acceptors (Lipinski definition) is 4. The molecule has 0 atom stereocenters. The summed E-state index contributed by atoms with van der Waals surface area (Å²) >= 11 is 6.16. The number of nitrogens with zero attached hydrogens (tertiary/aromatic N) is 2. The van der Waals surface area contributed by atoms with Gasteiger partial charge in [0, 0.05) is 24.1 Å². The number of fused-ring (bicyclic) bond motifs is 1. The van der Waals surface area contributed by atoms with E-state index < -0.39 is 0 Å². The number of benzene rings is 1. The molecule has 0 spiro atoms. The number of ether oxygens (including phenoxy) is 1. The number of pyridine rings is 1. The van der Waals surface area contributed by atoms with Crippen molar-refractivity contribution >= 4 is 40.1 Å². The Morgan fingerprint density at radius 3 is 2.73 bits per heavy atom. The number of halogens is 1. The molecule has 26 heavy (non-hydrogen) atoms.